The summed E-state index contributed by atoms with van der Waals surface area (Å²) in [6, 6.07) is 5.40. The molecule has 1 aromatic carbocycles. The second kappa shape index (κ2) is 6.82. The average molecular weight is 380 g/mol. The van der Waals surface area contributed by atoms with E-state index < -0.39 is 11.2 Å². The van der Waals surface area contributed by atoms with Crippen molar-refractivity contribution < 1.29 is 4.74 Å². The number of rotatable bonds is 3. The van der Waals surface area contributed by atoms with Gasteiger partial charge in [-0.2, -0.15) is 5.10 Å². The minimum absolute atomic E-state index is 0.178. The van der Waals surface area contributed by atoms with Gasteiger partial charge in [0, 0.05) is 23.6 Å². The molecular weight excluding hydrogens is 356 g/mol. The molecule has 7 nitrogen and oxygen atoms in total. The molecular formula is C21H24N4O3. The number of allylic oxidation sites excluding steroid dienone is 2. The number of nitrogens with one attached hydrogen (secondary N) is 2. The van der Waals surface area contributed by atoms with E-state index in [9.17, 15) is 9.59 Å². The van der Waals surface area contributed by atoms with Gasteiger partial charge >= 0.3 is 11.2 Å². The van der Waals surface area contributed by atoms with Crippen molar-refractivity contribution in [3.8, 4) is 5.75 Å². The van der Waals surface area contributed by atoms with Gasteiger partial charge < -0.3 is 14.7 Å². The summed E-state index contributed by atoms with van der Waals surface area (Å²) in [6.45, 7) is 6.44. The van der Waals surface area contributed by atoms with E-state index in [1.165, 1.54) is 5.57 Å². The summed E-state index contributed by atoms with van der Waals surface area (Å²) in [4.78, 5) is 31.3. The number of aromatic amines is 2. The summed E-state index contributed by atoms with van der Waals surface area (Å²) >= 11 is 0. The van der Waals surface area contributed by atoms with Crippen molar-refractivity contribution in [2.75, 3.05) is 7.11 Å². The quantitative estimate of drug-likeness (QED) is 0.540. The largest absolute Gasteiger partial charge is 0.497 e. The second-order valence-corrected chi connectivity index (χ2v) is 7.73. The van der Waals surface area contributed by atoms with Crippen molar-refractivity contribution in [3.63, 3.8) is 0 Å². The number of ether oxygens (including phenoxy) is 1. The number of methoxy groups -OCH3 is 1. The van der Waals surface area contributed by atoms with Crippen LogP contribution in [0.4, 0.5) is 0 Å². The zero-order valence-electron chi connectivity index (χ0n) is 16.4. The molecule has 2 heterocycles. The van der Waals surface area contributed by atoms with Gasteiger partial charge in [0.05, 0.1) is 18.1 Å². The molecule has 1 aliphatic rings. The third kappa shape index (κ3) is 2.96. The van der Waals surface area contributed by atoms with Crippen LogP contribution in [0.25, 0.3) is 21.9 Å². The van der Waals surface area contributed by atoms with Crippen LogP contribution in [0.5, 0.6) is 5.75 Å². The van der Waals surface area contributed by atoms with E-state index >= 15 is 0 Å². The molecule has 0 fully saturated rings. The van der Waals surface area contributed by atoms with Crippen molar-refractivity contribution in [2.45, 2.75) is 27.2 Å². The number of H-pyrrole nitrogens is 2. The Kier molecular flexibility index (Phi) is 4.45. The summed E-state index contributed by atoms with van der Waals surface area (Å²) < 4.78 is 6.13. The monoisotopic (exact) mass is 380 g/mol. The highest BCUT2D eigenvalue weighted by Crippen LogP contribution is 2.32. The normalized spacial score (nSPS) is 22.9. The molecule has 4 rings (SSSR count). The minimum atomic E-state index is -0.548. The maximum Gasteiger partial charge on any atom is 0.350 e. The molecule has 0 saturated heterocycles. The minimum Gasteiger partial charge on any atom is -0.497 e. The molecule has 0 aliphatic heterocycles. The van der Waals surface area contributed by atoms with Crippen LogP contribution in [0.1, 0.15) is 27.2 Å². The molecule has 3 atom stereocenters. The maximum atomic E-state index is 12.9. The standard InChI is InChI=1S/C21H24N4O3/c1-11-7-12(2)16(13(3)8-11)10-22-25-20(26)19-18(24-21(25)27)15-6-5-14(28-4)9-17(15)23-19/h5-7,9-10,12-13,16,23H,8H2,1-4H3,(H,24,27)/t12-,13-,16-/m1/s1. The van der Waals surface area contributed by atoms with Crippen LogP contribution in [0.3, 0.4) is 0 Å². The zero-order chi connectivity index (χ0) is 20.0. The Labute approximate surface area is 161 Å². The highest BCUT2D eigenvalue weighted by molar-refractivity contribution is 6.04. The summed E-state index contributed by atoms with van der Waals surface area (Å²) in [6.07, 6.45) is 4.97. The molecule has 0 bridgehead atoms. The van der Waals surface area contributed by atoms with Gasteiger partial charge in [-0.05, 0) is 37.3 Å². The molecule has 2 aromatic heterocycles. The van der Waals surface area contributed by atoms with Crippen LogP contribution in [-0.2, 0) is 0 Å². The molecule has 0 radical (unpaired) electrons. The molecule has 1 aliphatic carbocycles. The first-order valence-electron chi connectivity index (χ1n) is 9.45. The van der Waals surface area contributed by atoms with Gasteiger partial charge in [-0.25, -0.2) is 4.79 Å². The van der Waals surface area contributed by atoms with E-state index in [1.807, 2.05) is 6.07 Å². The van der Waals surface area contributed by atoms with Crippen LogP contribution >= 0.6 is 0 Å². The third-order valence-electron chi connectivity index (χ3n) is 5.65. The molecule has 7 heteroatoms. The number of hydrogen-bond donors (Lipinski definition) is 2. The maximum absolute atomic E-state index is 12.9. The fraction of sp³-hybridized carbons (Fsp3) is 0.381. The lowest BCUT2D eigenvalue weighted by Gasteiger charge is -2.29. The van der Waals surface area contributed by atoms with Crippen LogP contribution in [0.15, 0.2) is 44.5 Å². The van der Waals surface area contributed by atoms with Gasteiger partial charge in [0.25, 0.3) is 0 Å². The van der Waals surface area contributed by atoms with Crippen molar-refractivity contribution in [3.05, 3.63) is 50.7 Å². The average Bonchev–Trinajstić information content (AvgIpc) is 3.01. The Balaban J connectivity index is 1.81. The van der Waals surface area contributed by atoms with Crippen LogP contribution in [0, 0.1) is 17.8 Å². The van der Waals surface area contributed by atoms with Crippen LogP contribution in [-0.4, -0.2) is 28.0 Å². The van der Waals surface area contributed by atoms with Crippen molar-refractivity contribution in [1.82, 2.24) is 14.6 Å². The zero-order valence-corrected chi connectivity index (χ0v) is 16.4. The van der Waals surface area contributed by atoms with E-state index in [4.69, 9.17) is 4.74 Å². The summed E-state index contributed by atoms with van der Waals surface area (Å²) in [5, 5.41) is 5.03. The van der Waals surface area contributed by atoms with E-state index in [-0.39, 0.29) is 5.92 Å². The predicted octanol–water partition coefficient (Wildman–Crippen LogP) is 3.25. The smallest absolute Gasteiger partial charge is 0.350 e. The van der Waals surface area contributed by atoms with E-state index in [0.717, 1.165) is 22.0 Å². The Hall–Kier alpha value is -3.09. The third-order valence-corrected chi connectivity index (χ3v) is 5.65. The molecule has 28 heavy (non-hydrogen) atoms. The fourth-order valence-electron chi connectivity index (χ4n) is 4.27. The number of nitrogens with zero attached hydrogens (tertiary/aromatic N) is 2. The molecule has 146 valence electrons. The Morgan fingerprint density at radius 1 is 1.21 bits per heavy atom. The molecule has 0 saturated carbocycles. The second-order valence-electron chi connectivity index (χ2n) is 7.73. The lowest BCUT2D eigenvalue weighted by atomic mass is 9.76. The fourth-order valence-corrected chi connectivity index (χ4v) is 4.27. The molecule has 0 unspecified atom stereocenters. The first-order chi connectivity index (χ1) is 13.4. The number of aromatic nitrogens is 3. The first-order valence-corrected chi connectivity index (χ1v) is 9.45. The van der Waals surface area contributed by atoms with Gasteiger partial charge in [-0.15, -0.1) is 4.68 Å². The molecule has 0 spiro atoms. The Morgan fingerprint density at radius 2 is 2.00 bits per heavy atom. The number of benzene rings is 1. The van der Waals surface area contributed by atoms with Crippen molar-refractivity contribution in [1.29, 1.82) is 0 Å². The highest BCUT2D eigenvalue weighted by Gasteiger charge is 2.25. The topological polar surface area (TPSA) is 92.2 Å². The van der Waals surface area contributed by atoms with E-state index in [0.29, 0.717) is 28.6 Å². The van der Waals surface area contributed by atoms with Gasteiger partial charge in [0.15, 0.2) is 0 Å². The summed E-state index contributed by atoms with van der Waals surface area (Å²) in [5.41, 5.74) is 1.88. The Bertz CT molecular complexity index is 1230. The van der Waals surface area contributed by atoms with Gasteiger partial charge in [-0.3, -0.25) is 4.79 Å². The lowest BCUT2D eigenvalue weighted by Crippen LogP contribution is -2.33. The predicted molar refractivity (Wildman–Crippen MR) is 111 cm³/mol. The highest BCUT2D eigenvalue weighted by atomic mass is 16.5. The van der Waals surface area contributed by atoms with Crippen LogP contribution < -0.4 is 16.0 Å². The van der Waals surface area contributed by atoms with Crippen molar-refractivity contribution >= 4 is 28.2 Å². The lowest BCUT2D eigenvalue weighted by molar-refractivity contribution is 0.361. The Morgan fingerprint density at radius 3 is 2.71 bits per heavy atom. The SMILES string of the molecule is COc1ccc2c(c1)[nH]c1c(=O)n(N=C[C@@H]3[C@H](C)C=C(C)C[C@H]3C)c(=O)[nH]c12. The first kappa shape index (κ1) is 18.3. The molecule has 2 N–H and O–H groups in total. The van der Waals surface area contributed by atoms with E-state index in [1.54, 1.807) is 25.5 Å². The molecule has 0 amide bonds. The summed E-state index contributed by atoms with van der Waals surface area (Å²) in [7, 11) is 1.58. The van der Waals surface area contributed by atoms with Crippen LogP contribution in [0.2, 0.25) is 0 Å². The molecule has 3 aromatic rings. The number of fused-ring (bicyclic) bond motifs is 3. The van der Waals surface area contributed by atoms with Crippen molar-refractivity contribution in [2.24, 2.45) is 22.9 Å². The van der Waals surface area contributed by atoms with E-state index in [2.05, 4.69) is 41.9 Å². The van der Waals surface area contributed by atoms with Gasteiger partial charge in [0.1, 0.15) is 11.3 Å². The number of hydrogen-bond acceptors (Lipinski definition) is 4. The van der Waals surface area contributed by atoms with Gasteiger partial charge in [-0.1, -0.05) is 25.5 Å². The summed E-state index contributed by atoms with van der Waals surface area (Å²) in [5.74, 6) is 1.57. The van der Waals surface area contributed by atoms with Gasteiger partial charge in [0.2, 0.25) is 0 Å².